The van der Waals surface area contributed by atoms with E-state index in [4.69, 9.17) is 9.84 Å². The maximum absolute atomic E-state index is 14.4. The molecule has 0 aliphatic carbocycles. The second kappa shape index (κ2) is 8.68. The molecule has 0 atom stereocenters. The van der Waals surface area contributed by atoms with Gasteiger partial charge in [0.2, 0.25) is 5.78 Å². The molecule has 2 aromatic heterocycles. The van der Waals surface area contributed by atoms with Crippen molar-refractivity contribution in [2.75, 3.05) is 26.1 Å². The number of halogens is 1. The number of carbonyl (C=O) groups is 1. The number of hydrogen-bond acceptors (Lipinski definition) is 7. The van der Waals surface area contributed by atoms with Gasteiger partial charge in [-0.1, -0.05) is 6.07 Å². The third-order valence-electron chi connectivity index (χ3n) is 3.85. The maximum atomic E-state index is 14.4. The number of hydrogen-bond donors (Lipinski definition) is 1. The molecule has 0 fully saturated rings. The van der Waals surface area contributed by atoms with Crippen molar-refractivity contribution in [2.24, 2.45) is 0 Å². The van der Waals surface area contributed by atoms with E-state index in [1.54, 1.807) is 18.5 Å². The SMILES string of the molecule is CSc1ccc(Cc2c(C(=O)COCCO)ncc3cnsc23)c(F)c1. The second-order valence-electron chi connectivity index (χ2n) is 5.53. The Bertz CT molecular complexity index is 930. The number of Topliss-reactive ketones (excluding diaryl/α,β-unsaturated/α-hetero) is 1. The summed E-state index contributed by atoms with van der Waals surface area (Å²) in [6, 6.07) is 5.08. The van der Waals surface area contributed by atoms with Crippen molar-refractivity contribution in [1.82, 2.24) is 9.36 Å². The molecule has 0 spiro atoms. The number of aromatic nitrogens is 2. The summed E-state index contributed by atoms with van der Waals surface area (Å²) in [5.41, 5.74) is 1.40. The maximum Gasteiger partial charge on any atom is 0.207 e. The summed E-state index contributed by atoms with van der Waals surface area (Å²) in [6.45, 7) is -0.262. The van der Waals surface area contributed by atoms with Crippen LogP contribution in [0.15, 0.2) is 35.5 Å². The zero-order chi connectivity index (χ0) is 18.5. The van der Waals surface area contributed by atoms with Crippen LogP contribution >= 0.6 is 23.3 Å². The van der Waals surface area contributed by atoms with Gasteiger partial charge in [-0.2, -0.15) is 4.37 Å². The molecule has 0 radical (unpaired) electrons. The van der Waals surface area contributed by atoms with E-state index in [1.807, 2.05) is 12.3 Å². The quantitative estimate of drug-likeness (QED) is 0.360. The number of carbonyl (C=O) groups excluding carboxylic acids is 1. The standard InChI is InChI=1S/C18H17FN2O3S2/c1-25-13-3-2-11(15(19)7-13)6-14-17(16(23)10-24-5-4-22)20-8-12-9-21-26-18(12)14/h2-3,7-9,22H,4-6,10H2,1H3. The highest BCUT2D eigenvalue weighted by Gasteiger charge is 2.19. The van der Waals surface area contributed by atoms with Crippen molar-refractivity contribution < 1.29 is 19.0 Å². The van der Waals surface area contributed by atoms with Crippen LogP contribution in [0.25, 0.3) is 10.1 Å². The minimum Gasteiger partial charge on any atom is -0.394 e. The highest BCUT2D eigenvalue weighted by atomic mass is 32.2. The van der Waals surface area contributed by atoms with Gasteiger partial charge < -0.3 is 9.84 Å². The van der Waals surface area contributed by atoms with Crippen LogP contribution in [0.1, 0.15) is 21.6 Å². The molecule has 1 N–H and O–H groups in total. The summed E-state index contributed by atoms with van der Waals surface area (Å²) in [5.74, 6) is -0.613. The molecule has 3 rings (SSSR count). The lowest BCUT2D eigenvalue weighted by Crippen LogP contribution is -2.15. The lowest BCUT2D eigenvalue weighted by atomic mass is 10.0. The van der Waals surface area contributed by atoms with Crippen molar-refractivity contribution >= 4 is 39.2 Å². The summed E-state index contributed by atoms with van der Waals surface area (Å²) in [4.78, 5) is 17.6. The highest BCUT2D eigenvalue weighted by molar-refractivity contribution is 7.98. The van der Waals surface area contributed by atoms with Crippen LogP contribution in [0.5, 0.6) is 0 Å². The largest absolute Gasteiger partial charge is 0.394 e. The number of aliphatic hydroxyl groups is 1. The molecular weight excluding hydrogens is 375 g/mol. The molecule has 0 aliphatic heterocycles. The van der Waals surface area contributed by atoms with Gasteiger partial charge in [-0.15, -0.1) is 11.8 Å². The van der Waals surface area contributed by atoms with Gasteiger partial charge in [0.05, 0.1) is 24.1 Å². The number of ketones is 1. The zero-order valence-corrected chi connectivity index (χ0v) is 15.7. The molecule has 0 bridgehead atoms. The molecule has 0 amide bonds. The lowest BCUT2D eigenvalue weighted by Gasteiger charge is -2.11. The smallest absolute Gasteiger partial charge is 0.207 e. The predicted octanol–water partition coefficient (Wildman–Crippen LogP) is 3.33. The average molecular weight is 392 g/mol. The first-order valence-electron chi connectivity index (χ1n) is 7.90. The molecule has 0 unspecified atom stereocenters. The number of nitrogens with zero attached hydrogens (tertiary/aromatic N) is 2. The van der Waals surface area contributed by atoms with E-state index < -0.39 is 0 Å². The Morgan fingerprint density at radius 1 is 1.38 bits per heavy atom. The molecule has 0 aliphatic rings. The number of aliphatic hydroxyl groups excluding tert-OH is 1. The molecule has 1 aromatic carbocycles. The topological polar surface area (TPSA) is 72.3 Å². The van der Waals surface area contributed by atoms with Crippen LogP contribution < -0.4 is 0 Å². The molecular formula is C18H17FN2O3S2. The van der Waals surface area contributed by atoms with Gasteiger partial charge >= 0.3 is 0 Å². The minimum absolute atomic E-state index is 0.0780. The van der Waals surface area contributed by atoms with Crippen LogP contribution in [0, 0.1) is 5.82 Å². The van der Waals surface area contributed by atoms with E-state index in [1.165, 1.54) is 29.4 Å². The van der Waals surface area contributed by atoms with Crippen molar-refractivity contribution in [3.05, 3.63) is 53.2 Å². The number of ether oxygens (including phenoxy) is 1. The summed E-state index contributed by atoms with van der Waals surface area (Å²) < 4.78 is 24.5. The molecule has 8 heteroatoms. The molecule has 26 heavy (non-hydrogen) atoms. The molecule has 0 saturated heterocycles. The van der Waals surface area contributed by atoms with Crippen molar-refractivity contribution in [2.45, 2.75) is 11.3 Å². The van der Waals surface area contributed by atoms with Gasteiger partial charge in [0.25, 0.3) is 0 Å². The van der Waals surface area contributed by atoms with E-state index in [9.17, 15) is 9.18 Å². The van der Waals surface area contributed by atoms with Crippen LogP contribution in [-0.2, 0) is 11.2 Å². The Kier molecular flexibility index (Phi) is 6.31. The second-order valence-corrected chi connectivity index (χ2v) is 7.21. The fourth-order valence-electron chi connectivity index (χ4n) is 2.58. The monoisotopic (exact) mass is 392 g/mol. The van der Waals surface area contributed by atoms with E-state index in [0.29, 0.717) is 11.1 Å². The minimum atomic E-state index is -0.312. The van der Waals surface area contributed by atoms with Gasteiger partial charge in [0.15, 0.2) is 0 Å². The Morgan fingerprint density at radius 3 is 2.96 bits per heavy atom. The highest BCUT2D eigenvalue weighted by Crippen LogP contribution is 2.28. The number of benzene rings is 1. The van der Waals surface area contributed by atoms with Crippen LogP contribution in [0.2, 0.25) is 0 Å². The van der Waals surface area contributed by atoms with Crippen molar-refractivity contribution in [3.8, 4) is 0 Å². The van der Waals surface area contributed by atoms with Crippen LogP contribution in [0.4, 0.5) is 4.39 Å². The van der Waals surface area contributed by atoms with Gasteiger partial charge in [-0.05, 0) is 35.5 Å². The Labute approximate surface area is 158 Å². The number of pyridine rings is 1. The predicted molar refractivity (Wildman–Crippen MR) is 101 cm³/mol. The van der Waals surface area contributed by atoms with E-state index in [2.05, 4.69) is 9.36 Å². The number of thioether (sulfide) groups is 1. The zero-order valence-electron chi connectivity index (χ0n) is 14.1. The van der Waals surface area contributed by atoms with Gasteiger partial charge in [0, 0.05) is 28.5 Å². The Balaban J connectivity index is 1.98. The lowest BCUT2D eigenvalue weighted by molar-refractivity contribution is 0.0659. The van der Waals surface area contributed by atoms with Gasteiger partial charge in [0.1, 0.15) is 18.1 Å². The normalized spacial score (nSPS) is 11.2. The first-order valence-corrected chi connectivity index (χ1v) is 9.90. The summed E-state index contributed by atoms with van der Waals surface area (Å²) in [5, 5.41) is 9.60. The van der Waals surface area contributed by atoms with Gasteiger partial charge in [-0.3, -0.25) is 9.78 Å². The van der Waals surface area contributed by atoms with E-state index in [-0.39, 0.29) is 43.5 Å². The third-order valence-corrected chi connectivity index (χ3v) is 5.45. The first-order chi connectivity index (χ1) is 12.6. The third kappa shape index (κ3) is 4.09. The Hall–Kier alpha value is -1.87. The van der Waals surface area contributed by atoms with Crippen molar-refractivity contribution in [1.29, 1.82) is 0 Å². The summed E-state index contributed by atoms with van der Waals surface area (Å²) in [6.07, 6.45) is 5.41. The molecule has 2 heterocycles. The van der Waals surface area contributed by atoms with E-state index in [0.717, 1.165) is 15.0 Å². The van der Waals surface area contributed by atoms with Crippen molar-refractivity contribution in [3.63, 3.8) is 0 Å². The summed E-state index contributed by atoms with van der Waals surface area (Å²) in [7, 11) is 0. The van der Waals surface area contributed by atoms with Crippen LogP contribution in [0.3, 0.4) is 0 Å². The first kappa shape index (κ1) is 18.9. The fraction of sp³-hybridized carbons (Fsp3) is 0.278. The summed E-state index contributed by atoms with van der Waals surface area (Å²) >= 11 is 2.73. The fourth-order valence-corrected chi connectivity index (χ4v) is 3.77. The average Bonchev–Trinajstić information content (AvgIpc) is 3.12. The van der Waals surface area contributed by atoms with E-state index >= 15 is 0 Å². The molecule has 5 nitrogen and oxygen atoms in total. The van der Waals surface area contributed by atoms with Gasteiger partial charge in [-0.25, -0.2) is 4.39 Å². The molecule has 0 saturated carbocycles. The Morgan fingerprint density at radius 2 is 2.23 bits per heavy atom. The van der Waals surface area contributed by atoms with Crippen LogP contribution in [-0.4, -0.2) is 46.3 Å². The molecule has 136 valence electrons. The molecule has 3 aromatic rings. The number of rotatable bonds is 8. The number of fused-ring (bicyclic) bond motifs is 1.